The number of urea groups is 1. The lowest BCUT2D eigenvalue weighted by Gasteiger charge is -2.31. The maximum absolute atomic E-state index is 12.0. The minimum atomic E-state index is -0.261. The van der Waals surface area contributed by atoms with Crippen LogP contribution in [0.3, 0.4) is 0 Å². The lowest BCUT2D eigenvalue weighted by Crippen LogP contribution is -2.42. The quantitative estimate of drug-likeness (QED) is 0.895. The number of nitrogens with one attached hydrogen (secondary N) is 1. The Kier molecular flexibility index (Phi) is 5.37. The predicted molar refractivity (Wildman–Crippen MR) is 79.7 cm³/mol. The number of carbonyl (C=O) groups is 1. The van der Waals surface area contributed by atoms with Crippen molar-refractivity contribution in [3.63, 3.8) is 0 Å². The van der Waals surface area contributed by atoms with Crippen LogP contribution in [-0.4, -0.2) is 40.7 Å². The van der Waals surface area contributed by atoms with E-state index in [2.05, 4.69) is 10.3 Å². The molecule has 1 aromatic heterocycles. The molecule has 1 saturated carbocycles. The van der Waals surface area contributed by atoms with E-state index < -0.39 is 0 Å². The molecular weight excluding hydrogens is 274 g/mol. The van der Waals surface area contributed by atoms with Crippen molar-refractivity contribution in [1.82, 2.24) is 15.2 Å². The average molecular weight is 297 g/mol. The van der Waals surface area contributed by atoms with Gasteiger partial charge in [0.15, 0.2) is 0 Å². The van der Waals surface area contributed by atoms with Crippen molar-refractivity contribution in [2.75, 3.05) is 13.6 Å². The first kappa shape index (κ1) is 15.3. The molecule has 2 N–H and O–H groups in total. The third-order valence-corrected chi connectivity index (χ3v) is 4.90. The summed E-state index contributed by atoms with van der Waals surface area (Å²) < 4.78 is 0. The highest BCUT2D eigenvalue weighted by atomic mass is 32.1. The van der Waals surface area contributed by atoms with E-state index in [0.717, 1.165) is 36.3 Å². The Labute approximate surface area is 124 Å². The second kappa shape index (κ2) is 7.04. The molecule has 2 amide bonds. The molecule has 0 spiro atoms. The first-order chi connectivity index (χ1) is 9.58. The zero-order valence-electron chi connectivity index (χ0n) is 12.1. The van der Waals surface area contributed by atoms with Crippen LogP contribution in [0.4, 0.5) is 4.79 Å². The largest absolute Gasteiger partial charge is 0.393 e. The van der Waals surface area contributed by atoms with Gasteiger partial charge >= 0.3 is 6.03 Å². The minimum absolute atomic E-state index is 0.0874. The van der Waals surface area contributed by atoms with Crippen LogP contribution in [-0.2, 0) is 6.54 Å². The molecule has 20 heavy (non-hydrogen) atoms. The summed E-state index contributed by atoms with van der Waals surface area (Å²) in [5, 5.41) is 12.9. The van der Waals surface area contributed by atoms with Gasteiger partial charge in [-0.25, -0.2) is 9.78 Å². The summed E-state index contributed by atoms with van der Waals surface area (Å²) in [4.78, 5) is 19.0. The summed E-state index contributed by atoms with van der Waals surface area (Å²) in [6, 6.07) is -0.0874. The van der Waals surface area contributed by atoms with Crippen LogP contribution in [0.5, 0.6) is 0 Å². The number of carbonyl (C=O) groups excluding carboxylic acids is 1. The first-order valence-electron chi connectivity index (χ1n) is 7.14. The summed E-state index contributed by atoms with van der Waals surface area (Å²) in [5.74, 6) is 0.213. The first-order valence-corrected chi connectivity index (χ1v) is 8.02. The Bertz CT molecular complexity index is 449. The number of aliphatic hydroxyl groups is 1. The molecule has 2 rings (SSSR count). The van der Waals surface area contributed by atoms with E-state index in [1.807, 2.05) is 6.92 Å². The normalized spacial score (nSPS) is 22.6. The van der Waals surface area contributed by atoms with Crippen LogP contribution in [0.1, 0.15) is 36.3 Å². The fraction of sp³-hybridized carbons (Fsp3) is 0.714. The van der Waals surface area contributed by atoms with Gasteiger partial charge in [-0.3, -0.25) is 0 Å². The Balaban J connectivity index is 1.78. The van der Waals surface area contributed by atoms with E-state index in [1.54, 1.807) is 28.8 Å². The average Bonchev–Trinajstić information content (AvgIpc) is 2.84. The Morgan fingerprint density at radius 1 is 1.55 bits per heavy atom. The van der Waals surface area contributed by atoms with Gasteiger partial charge < -0.3 is 15.3 Å². The lowest BCUT2D eigenvalue weighted by atomic mass is 9.86. The van der Waals surface area contributed by atoms with Gasteiger partial charge in [0.25, 0.3) is 0 Å². The Morgan fingerprint density at radius 2 is 2.30 bits per heavy atom. The van der Waals surface area contributed by atoms with E-state index in [4.69, 9.17) is 0 Å². The van der Waals surface area contributed by atoms with Crippen LogP contribution in [0.2, 0.25) is 0 Å². The van der Waals surface area contributed by atoms with Crippen molar-refractivity contribution in [3.05, 3.63) is 16.1 Å². The number of hydrogen-bond donors (Lipinski definition) is 2. The summed E-state index contributed by atoms with van der Waals surface area (Å²) in [7, 11) is 1.79. The number of nitrogens with zero attached hydrogens (tertiary/aromatic N) is 2. The zero-order chi connectivity index (χ0) is 14.5. The molecular formula is C14H23N3O2S. The highest BCUT2D eigenvalue weighted by Gasteiger charge is 2.25. The number of aryl methyl sites for hydroxylation is 1. The van der Waals surface area contributed by atoms with Crippen LogP contribution in [0.15, 0.2) is 5.51 Å². The molecule has 0 bridgehead atoms. The van der Waals surface area contributed by atoms with Crippen molar-refractivity contribution < 1.29 is 9.90 Å². The molecule has 1 aliphatic rings. The van der Waals surface area contributed by atoms with Crippen LogP contribution in [0.25, 0.3) is 0 Å². The fourth-order valence-electron chi connectivity index (χ4n) is 2.62. The molecule has 1 heterocycles. The number of rotatable bonds is 4. The van der Waals surface area contributed by atoms with E-state index in [1.165, 1.54) is 0 Å². The summed E-state index contributed by atoms with van der Waals surface area (Å²) in [6.07, 6.45) is 3.85. The highest BCUT2D eigenvalue weighted by molar-refractivity contribution is 7.09. The molecule has 0 saturated heterocycles. The molecule has 5 nitrogen and oxygen atoms in total. The van der Waals surface area contributed by atoms with Gasteiger partial charge in [0.2, 0.25) is 0 Å². The van der Waals surface area contributed by atoms with E-state index in [-0.39, 0.29) is 18.1 Å². The molecule has 112 valence electrons. The van der Waals surface area contributed by atoms with Crippen molar-refractivity contribution >= 4 is 17.4 Å². The number of thiazole rings is 1. The molecule has 1 aliphatic carbocycles. The Hall–Kier alpha value is -1.14. The van der Waals surface area contributed by atoms with Crippen LogP contribution >= 0.6 is 11.3 Å². The third kappa shape index (κ3) is 3.93. The summed E-state index contributed by atoms with van der Waals surface area (Å²) >= 11 is 1.55. The van der Waals surface area contributed by atoms with Gasteiger partial charge in [-0.2, -0.15) is 0 Å². The molecule has 1 fully saturated rings. The smallest absolute Gasteiger partial charge is 0.317 e. The van der Waals surface area contributed by atoms with Gasteiger partial charge in [0, 0.05) is 24.4 Å². The van der Waals surface area contributed by atoms with E-state index in [0.29, 0.717) is 13.1 Å². The van der Waals surface area contributed by atoms with Gasteiger partial charge in [-0.1, -0.05) is 12.8 Å². The maximum Gasteiger partial charge on any atom is 0.317 e. The minimum Gasteiger partial charge on any atom is -0.393 e. The van der Waals surface area contributed by atoms with Crippen molar-refractivity contribution in [1.29, 1.82) is 0 Å². The monoisotopic (exact) mass is 297 g/mol. The van der Waals surface area contributed by atoms with Gasteiger partial charge in [-0.15, -0.1) is 11.3 Å². The molecule has 0 radical (unpaired) electrons. The van der Waals surface area contributed by atoms with Crippen molar-refractivity contribution in [2.24, 2.45) is 5.92 Å². The second-order valence-electron chi connectivity index (χ2n) is 5.51. The molecule has 1 aromatic rings. The Morgan fingerprint density at radius 3 is 2.95 bits per heavy atom. The topological polar surface area (TPSA) is 65.5 Å². The predicted octanol–water partition coefficient (Wildman–Crippen LogP) is 2.14. The van der Waals surface area contributed by atoms with Crippen LogP contribution in [0, 0.1) is 12.8 Å². The second-order valence-corrected chi connectivity index (χ2v) is 6.45. The van der Waals surface area contributed by atoms with Crippen LogP contribution < -0.4 is 5.32 Å². The third-order valence-electron chi connectivity index (χ3n) is 3.97. The summed E-state index contributed by atoms with van der Waals surface area (Å²) in [5.41, 5.74) is 2.76. The van der Waals surface area contributed by atoms with E-state index in [9.17, 15) is 9.90 Å². The fourth-order valence-corrected chi connectivity index (χ4v) is 3.34. The lowest BCUT2D eigenvalue weighted by molar-refractivity contribution is 0.0565. The van der Waals surface area contributed by atoms with Gasteiger partial charge in [0.05, 0.1) is 23.9 Å². The number of aromatic nitrogens is 1. The zero-order valence-corrected chi connectivity index (χ0v) is 12.9. The van der Waals surface area contributed by atoms with E-state index >= 15 is 0 Å². The molecule has 2 atom stereocenters. The highest BCUT2D eigenvalue weighted by Crippen LogP contribution is 2.24. The van der Waals surface area contributed by atoms with Crippen molar-refractivity contribution in [2.45, 2.75) is 45.3 Å². The summed E-state index contributed by atoms with van der Waals surface area (Å²) in [6.45, 7) is 3.08. The van der Waals surface area contributed by atoms with Gasteiger partial charge in [-0.05, 0) is 19.8 Å². The molecule has 0 aliphatic heterocycles. The number of hydrogen-bond acceptors (Lipinski definition) is 4. The SMILES string of the molecule is Cc1ncsc1CNC(=O)N(C)C[C@H]1CCCC[C@H]1O. The van der Waals surface area contributed by atoms with Gasteiger partial charge in [0.1, 0.15) is 0 Å². The van der Waals surface area contributed by atoms with Crippen molar-refractivity contribution in [3.8, 4) is 0 Å². The number of aliphatic hydroxyl groups excluding tert-OH is 1. The molecule has 0 aromatic carbocycles. The molecule has 6 heteroatoms. The number of amides is 2. The standard InChI is InChI=1S/C14H23N3O2S/c1-10-13(20-9-16-10)7-15-14(19)17(2)8-11-5-3-4-6-12(11)18/h9,11-12,18H,3-8H2,1-2H3,(H,15,19)/t11-,12-/m1/s1. The molecule has 0 unspecified atom stereocenters. The maximum atomic E-state index is 12.0.